The molecular formula is C29H36N+. The second-order valence-corrected chi connectivity index (χ2v) is 8.37. The van der Waals surface area contributed by atoms with E-state index in [1.165, 1.54) is 42.5 Å². The zero-order chi connectivity index (χ0) is 20.9. The molecule has 3 rings (SSSR count). The first kappa shape index (κ1) is 22.1. The average Bonchev–Trinajstić information content (AvgIpc) is 2.78. The molecule has 1 heteroatoms. The predicted octanol–water partition coefficient (Wildman–Crippen LogP) is 7.54. The first-order valence-corrected chi connectivity index (χ1v) is 11.4. The van der Waals surface area contributed by atoms with Crippen LogP contribution < -0.4 is 0 Å². The molecule has 0 bridgehead atoms. The van der Waals surface area contributed by atoms with Crippen LogP contribution in [0.25, 0.3) is 0 Å². The normalized spacial score (nSPS) is 11.8. The van der Waals surface area contributed by atoms with E-state index in [4.69, 9.17) is 0 Å². The Labute approximate surface area is 183 Å². The molecule has 0 aliphatic rings. The molecule has 30 heavy (non-hydrogen) atoms. The Kier molecular flexibility index (Phi) is 8.93. The summed E-state index contributed by atoms with van der Waals surface area (Å²) in [6, 6.07) is 33.1. The summed E-state index contributed by atoms with van der Waals surface area (Å²) >= 11 is 0. The van der Waals surface area contributed by atoms with Crippen LogP contribution in [0.5, 0.6) is 0 Å². The maximum Gasteiger partial charge on any atom is 0.105 e. The van der Waals surface area contributed by atoms with Gasteiger partial charge in [0.2, 0.25) is 0 Å². The van der Waals surface area contributed by atoms with E-state index in [1.54, 1.807) is 0 Å². The van der Waals surface area contributed by atoms with Crippen molar-refractivity contribution in [2.45, 2.75) is 52.2 Å². The van der Waals surface area contributed by atoms with E-state index in [2.05, 4.69) is 110 Å². The van der Waals surface area contributed by atoms with Crippen molar-refractivity contribution in [3.63, 3.8) is 0 Å². The highest BCUT2D eigenvalue weighted by molar-refractivity contribution is 5.17. The Hall–Kier alpha value is -2.64. The smallest absolute Gasteiger partial charge is 0.105 e. The van der Waals surface area contributed by atoms with Crippen LogP contribution >= 0.6 is 0 Å². The van der Waals surface area contributed by atoms with Crippen LogP contribution in [0.15, 0.2) is 103 Å². The molecule has 1 nitrogen and oxygen atoms in total. The number of unbranched alkanes of at least 4 members (excludes halogenated alkanes) is 2. The summed E-state index contributed by atoms with van der Waals surface area (Å²) in [5, 5.41) is 0. The van der Waals surface area contributed by atoms with E-state index < -0.39 is 0 Å². The molecule has 0 aromatic heterocycles. The minimum atomic E-state index is 1.06. The molecule has 0 saturated heterocycles. The van der Waals surface area contributed by atoms with E-state index in [1.807, 2.05) is 0 Å². The molecule has 3 aromatic rings. The summed E-state index contributed by atoms with van der Waals surface area (Å²) < 4.78 is 1.07. The van der Waals surface area contributed by atoms with Crippen molar-refractivity contribution >= 4 is 0 Å². The van der Waals surface area contributed by atoms with Crippen molar-refractivity contribution in [3.8, 4) is 0 Å². The lowest BCUT2D eigenvalue weighted by Crippen LogP contribution is -2.46. The zero-order valence-corrected chi connectivity index (χ0v) is 18.4. The molecule has 0 amide bonds. The second kappa shape index (κ2) is 12.1. The molecule has 0 spiro atoms. The van der Waals surface area contributed by atoms with Gasteiger partial charge in [-0.15, -0.1) is 0 Å². The fourth-order valence-corrected chi connectivity index (χ4v) is 4.31. The van der Waals surface area contributed by atoms with Crippen molar-refractivity contribution < 1.29 is 4.48 Å². The number of quaternary nitrogens is 1. The van der Waals surface area contributed by atoms with Gasteiger partial charge < -0.3 is 4.48 Å². The van der Waals surface area contributed by atoms with Crippen LogP contribution in [0.3, 0.4) is 0 Å². The molecule has 0 saturated carbocycles. The third-order valence-electron chi connectivity index (χ3n) is 5.74. The van der Waals surface area contributed by atoms with Gasteiger partial charge in [0, 0.05) is 16.7 Å². The van der Waals surface area contributed by atoms with Crippen molar-refractivity contribution in [1.82, 2.24) is 0 Å². The molecule has 0 aliphatic heterocycles. The number of hydrogen-bond acceptors (Lipinski definition) is 0. The highest BCUT2D eigenvalue weighted by Crippen LogP contribution is 2.25. The highest BCUT2D eigenvalue weighted by atomic mass is 15.3. The zero-order valence-electron chi connectivity index (χ0n) is 18.4. The van der Waals surface area contributed by atoms with Gasteiger partial charge in [0.25, 0.3) is 0 Å². The summed E-state index contributed by atoms with van der Waals surface area (Å²) in [5.41, 5.74) is 4.28. The largest absolute Gasteiger partial charge is 0.312 e. The van der Waals surface area contributed by atoms with Gasteiger partial charge in [-0.2, -0.15) is 0 Å². The quantitative estimate of drug-likeness (QED) is 0.168. The number of hydrogen-bond donors (Lipinski definition) is 0. The van der Waals surface area contributed by atoms with Crippen LogP contribution in [-0.2, 0) is 19.6 Å². The monoisotopic (exact) mass is 398 g/mol. The minimum Gasteiger partial charge on any atom is -0.312 e. The third-order valence-corrected chi connectivity index (χ3v) is 5.74. The van der Waals surface area contributed by atoms with Gasteiger partial charge in [-0.05, 0) is 25.7 Å². The predicted molar refractivity (Wildman–Crippen MR) is 129 cm³/mol. The number of benzene rings is 3. The van der Waals surface area contributed by atoms with Gasteiger partial charge in [-0.3, -0.25) is 0 Å². The first-order valence-electron chi connectivity index (χ1n) is 11.4. The molecule has 0 unspecified atom stereocenters. The topological polar surface area (TPSA) is 0 Å². The van der Waals surface area contributed by atoms with Crippen LogP contribution in [0.1, 0.15) is 49.3 Å². The molecular weight excluding hydrogens is 362 g/mol. The Bertz CT molecular complexity index is 751. The van der Waals surface area contributed by atoms with E-state index in [0.717, 1.165) is 30.5 Å². The Morgan fingerprint density at radius 2 is 1.00 bits per heavy atom. The molecule has 0 fully saturated rings. The third kappa shape index (κ3) is 7.31. The van der Waals surface area contributed by atoms with Gasteiger partial charge in [0.05, 0.1) is 6.54 Å². The Balaban J connectivity index is 1.85. The molecule has 0 aliphatic carbocycles. The SMILES string of the molecule is CC/C=C/CCCC[N+](Cc1ccccc1)(Cc1ccccc1)Cc1ccccc1. The lowest BCUT2D eigenvalue weighted by atomic mass is 10.1. The van der Waals surface area contributed by atoms with Crippen molar-refractivity contribution in [3.05, 3.63) is 120 Å². The van der Waals surface area contributed by atoms with Crippen LogP contribution in [-0.4, -0.2) is 11.0 Å². The number of allylic oxidation sites excluding steroid dienone is 2. The molecule has 0 N–H and O–H groups in total. The highest BCUT2D eigenvalue weighted by Gasteiger charge is 2.28. The van der Waals surface area contributed by atoms with Crippen LogP contribution in [0.4, 0.5) is 0 Å². The Morgan fingerprint density at radius 1 is 0.567 bits per heavy atom. The maximum atomic E-state index is 2.35. The van der Waals surface area contributed by atoms with Crippen LogP contribution in [0, 0.1) is 0 Å². The minimum absolute atomic E-state index is 1.06. The number of nitrogens with zero attached hydrogens (tertiary/aromatic N) is 1. The van der Waals surface area contributed by atoms with Gasteiger partial charge in [-0.1, -0.05) is 110 Å². The lowest BCUT2D eigenvalue weighted by molar-refractivity contribution is -0.966. The van der Waals surface area contributed by atoms with Gasteiger partial charge in [0.15, 0.2) is 0 Å². The van der Waals surface area contributed by atoms with Gasteiger partial charge in [-0.25, -0.2) is 0 Å². The molecule has 156 valence electrons. The maximum absolute atomic E-state index is 2.35. The van der Waals surface area contributed by atoms with E-state index in [0.29, 0.717) is 0 Å². The van der Waals surface area contributed by atoms with Crippen molar-refractivity contribution in [2.24, 2.45) is 0 Å². The van der Waals surface area contributed by atoms with E-state index >= 15 is 0 Å². The summed E-state index contributed by atoms with van der Waals surface area (Å²) in [7, 11) is 0. The van der Waals surface area contributed by atoms with Crippen molar-refractivity contribution in [2.75, 3.05) is 6.54 Å². The molecule has 0 radical (unpaired) electrons. The average molecular weight is 399 g/mol. The molecule has 3 aromatic carbocycles. The summed E-state index contributed by atoms with van der Waals surface area (Å²) in [6.07, 6.45) is 9.47. The van der Waals surface area contributed by atoms with Crippen molar-refractivity contribution in [1.29, 1.82) is 0 Å². The first-order chi connectivity index (χ1) is 14.8. The standard InChI is InChI=1S/C29H36N/c1-2-3-4-5-6-16-23-30(24-27-17-10-7-11-18-27,25-28-19-12-8-13-20-28)26-29-21-14-9-15-22-29/h3-4,7-15,17-22H,2,5-6,16,23-26H2,1H3/q+1/b4-3+. The fourth-order valence-electron chi connectivity index (χ4n) is 4.31. The summed E-state index contributed by atoms with van der Waals surface area (Å²) in [6.45, 7) is 6.59. The second-order valence-electron chi connectivity index (χ2n) is 8.37. The summed E-state index contributed by atoms with van der Waals surface area (Å²) in [5.74, 6) is 0. The fraction of sp³-hybridized carbons (Fsp3) is 0.310. The molecule has 0 heterocycles. The van der Waals surface area contributed by atoms with E-state index in [-0.39, 0.29) is 0 Å². The number of rotatable bonds is 12. The summed E-state index contributed by atoms with van der Waals surface area (Å²) in [4.78, 5) is 0. The lowest BCUT2D eigenvalue weighted by Gasteiger charge is -2.39. The van der Waals surface area contributed by atoms with Crippen LogP contribution in [0.2, 0.25) is 0 Å². The molecule has 0 atom stereocenters. The van der Waals surface area contributed by atoms with Gasteiger partial charge >= 0.3 is 0 Å². The Morgan fingerprint density at radius 3 is 1.40 bits per heavy atom. The van der Waals surface area contributed by atoms with Gasteiger partial charge in [0.1, 0.15) is 19.6 Å². The van der Waals surface area contributed by atoms with E-state index in [9.17, 15) is 0 Å².